The third-order valence-corrected chi connectivity index (χ3v) is 13.7. The number of esters is 1. The molecule has 50 heavy (non-hydrogen) atoms. The highest BCUT2D eigenvalue weighted by Gasteiger charge is 2.40. The Morgan fingerprint density at radius 3 is 2.26 bits per heavy atom. The van der Waals surface area contributed by atoms with Crippen LogP contribution in [0.1, 0.15) is 80.2 Å². The first-order valence-corrected chi connectivity index (χ1v) is 20.7. The van der Waals surface area contributed by atoms with Crippen molar-refractivity contribution in [3.63, 3.8) is 0 Å². The van der Waals surface area contributed by atoms with Crippen molar-refractivity contribution in [1.82, 2.24) is 0 Å². The molecule has 5 atom stereocenters. The largest absolute Gasteiger partial charge is 0.456 e. The summed E-state index contributed by atoms with van der Waals surface area (Å²) >= 11 is 0. The molecule has 1 aromatic rings. The molecule has 0 spiro atoms. The third-order valence-electron chi connectivity index (χ3n) is 9.23. The Morgan fingerprint density at radius 1 is 1.04 bits per heavy atom. The average molecular weight is 711 g/mol. The summed E-state index contributed by atoms with van der Waals surface area (Å²) < 4.78 is 29.8. The predicted octanol–water partition coefficient (Wildman–Crippen LogP) is 9.82. The number of allylic oxidation sites excluding steroid dienone is 4. The van der Waals surface area contributed by atoms with Gasteiger partial charge in [0, 0.05) is 19.4 Å². The molecule has 0 saturated heterocycles. The first kappa shape index (κ1) is 45.2. The van der Waals surface area contributed by atoms with Gasteiger partial charge in [-0.25, -0.2) is 4.79 Å². The lowest BCUT2D eigenvalue weighted by molar-refractivity contribution is -0.153. The molecule has 0 aromatic heterocycles. The maximum atomic E-state index is 13.3. The topological polar surface area (TPSA) is 83.5 Å². The lowest BCUT2D eigenvalue weighted by Gasteiger charge is -2.41. The molecule has 0 amide bonds. The van der Waals surface area contributed by atoms with Crippen molar-refractivity contribution in [2.24, 2.45) is 5.92 Å². The molecule has 0 aliphatic rings. The van der Waals surface area contributed by atoms with Crippen LogP contribution in [-0.2, 0) is 34.8 Å². The SMILES string of the molecule is C=C/C=C(\COCOC)C(=O)O[C@@H](C/C=C(C)/C=C(\C)[C@H](O[Si](C)(C)C(C)(C)C)C(/C=C(\C)[C@@H](O)CC=C)CC)[C@H](C)OCc1ccccc1. The second-order valence-electron chi connectivity index (χ2n) is 14.5. The van der Waals surface area contributed by atoms with Gasteiger partial charge in [-0.05, 0) is 75.4 Å². The number of hydrogen-bond donors (Lipinski definition) is 1. The van der Waals surface area contributed by atoms with Crippen LogP contribution in [-0.4, -0.2) is 64.3 Å². The van der Waals surface area contributed by atoms with Gasteiger partial charge in [-0.15, -0.1) is 6.58 Å². The molecular formula is C42H66O7Si. The van der Waals surface area contributed by atoms with E-state index in [1.807, 2.05) is 44.2 Å². The number of benzene rings is 1. The minimum absolute atomic E-state index is 0.0241. The Kier molecular flexibility index (Phi) is 20.6. The van der Waals surface area contributed by atoms with Crippen molar-refractivity contribution in [3.8, 4) is 0 Å². The van der Waals surface area contributed by atoms with Crippen molar-refractivity contribution in [1.29, 1.82) is 0 Å². The molecule has 0 aliphatic carbocycles. The van der Waals surface area contributed by atoms with Crippen LogP contribution in [0.4, 0.5) is 0 Å². The highest BCUT2D eigenvalue weighted by molar-refractivity contribution is 6.74. The van der Waals surface area contributed by atoms with E-state index in [2.05, 4.69) is 86.0 Å². The summed E-state index contributed by atoms with van der Waals surface area (Å²) in [6, 6.07) is 9.92. The molecule has 0 saturated carbocycles. The maximum Gasteiger partial charge on any atom is 0.336 e. The van der Waals surface area contributed by atoms with E-state index in [-0.39, 0.29) is 30.5 Å². The quantitative estimate of drug-likeness (QED) is 0.0230. The molecule has 0 fully saturated rings. The summed E-state index contributed by atoms with van der Waals surface area (Å²) in [5.74, 6) is -0.420. The van der Waals surface area contributed by atoms with Gasteiger partial charge in [0.2, 0.25) is 0 Å². The molecule has 0 heterocycles. The number of methoxy groups -OCH3 is 1. The molecule has 1 aromatic carbocycles. The van der Waals surface area contributed by atoms with Gasteiger partial charge in [-0.3, -0.25) is 0 Å². The van der Waals surface area contributed by atoms with E-state index >= 15 is 0 Å². The maximum absolute atomic E-state index is 13.3. The van der Waals surface area contributed by atoms with Gasteiger partial charge in [0.25, 0.3) is 0 Å². The van der Waals surface area contributed by atoms with Crippen molar-refractivity contribution in [2.75, 3.05) is 20.5 Å². The number of aliphatic hydroxyl groups excluding tert-OH is 1. The summed E-state index contributed by atoms with van der Waals surface area (Å²) in [5, 5.41) is 10.7. The van der Waals surface area contributed by atoms with Crippen molar-refractivity contribution in [3.05, 3.63) is 108 Å². The monoisotopic (exact) mass is 710 g/mol. The molecule has 280 valence electrons. The average Bonchev–Trinajstić information content (AvgIpc) is 3.06. The zero-order valence-corrected chi connectivity index (χ0v) is 33.8. The number of ether oxygens (including phenoxy) is 4. The predicted molar refractivity (Wildman–Crippen MR) is 209 cm³/mol. The van der Waals surface area contributed by atoms with E-state index in [0.29, 0.717) is 25.0 Å². The Morgan fingerprint density at radius 2 is 1.70 bits per heavy atom. The van der Waals surface area contributed by atoms with E-state index in [9.17, 15) is 9.90 Å². The van der Waals surface area contributed by atoms with Gasteiger partial charge in [-0.2, -0.15) is 0 Å². The Hall–Kier alpha value is -2.85. The van der Waals surface area contributed by atoms with Crippen LogP contribution in [0.15, 0.2) is 102 Å². The van der Waals surface area contributed by atoms with Crippen molar-refractivity contribution in [2.45, 2.75) is 124 Å². The number of aliphatic hydroxyl groups is 1. The lowest BCUT2D eigenvalue weighted by Crippen LogP contribution is -2.46. The summed E-state index contributed by atoms with van der Waals surface area (Å²) in [5.41, 5.74) is 4.43. The van der Waals surface area contributed by atoms with Crippen LogP contribution < -0.4 is 0 Å². The van der Waals surface area contributed by atoms with Crippen LogP contribution in [0.3, 0.4) is 0 Å². The molecule has 1 N–H and O–H groups in total. The number of carbonyl (C=O) groups excluding carboxylic acids is 1. The first-order valence-electron chi connectivity index (χ1n) is 17.8. The molecule has 0 aliphatic heterocycles. The smallest absolute Gasteiger partial charge is 0.336 e. The molecule has 1 unspecified atom stereocenters. The molecule has 0 radical (unpaired) electrons. The Balaban J connectivity index is 3.46. The highest BCUT2D eigenvalue weighted by atomic mass is 28.4. The third kappa shape index (κ3) is 16.0. The van der Waals surface area contributed by atoms with Gasteiger partial charge < -0.3 is 28.5 Å². The van der Waals surface area contributed by atoms with Crippen LogP contribution in [0.25, 0.3) is 0 Å². The Bertz CT molecular complexity index is 1300. The van der Waals surface area contributed by atoms with Gasteiger partial charge in [0.15, 0.2) is 8.32 Å². The van der Waals surface area contributed by atoms with Crippen molar-refractivity contribution >= 4 is 14.3 Å². The fourth-order valence-corrected chi connectivity index (χ4v) is 6.39. The van der Waals surface area contributed by atoms with Crippen LogP contribution in [0, 0.1) is 5.92 Å². The summed E-state index contributed by atoms with van der Waals surface area (Å²) in [4.78, 5) is 13.3. The summed E-state index contributed by atoms with van der Waals surface area (Å²) in [6.45, 7) is 29.5. The minimum Gasteiger partial charge on any atom is -0.456 e. The van der Waals surface area contributed by atoms with E-state index in [1.54, 1.807) is 12.2 Å². The van der Waals surface area contributed by atoms with E-state index < -0.39 is 32.6 Å². The summed E-state index contributed by atoms with van der Waals surface area (Å²) in [6.07, 6.45) is 11.4. The number of rotatable bonds is 23. The van der Waals surface area contributed by atoms with Crippen LogP contribution in [0.2, 0.25) is 18.1 Å². The zero-order valence-electron chi connectivity index (χ0n) is 32.8. The van der Waals surface area contributed by atoms with Crippen LogP contribution >= 0.6 is 0 Å². The van der Waals surface area contributed by atoms with Gasteiger partial charge in [0.1, 0.15) is 12.9 Å². The fourth-order valence-electron chi connectivity index (χ4n) is 5.04. The Labute approximate surface area is 304 Å². The van der Waals surface area contributed by atoms with Crippen molar-refractivity contribution < 1.29 is 33.3 Å². The molecule has 7 nitrogen and oxygen atoms in total. The fraction of sp³-hybridized carbons (Fsp3) is 0.548. The number of carbonyl (C=O) groups is 1. The van der Waals surface area contributed by atoms with Gasteiger partial charge in [-0.1, -0.05) is 107 Å². The molecule has 8 heteroatoms. The van der Waals surface area contributed by atoms with E-state index in [1.165, 1.54) is 13.2 Å². The summed E-state index contributed by atoms with van der Waals surface area (Å²) in [7, 11) is -0.638. The standard InChI is InChI=1S/C42H66O7Si/c1-14-20-37(29-46-30-45-11)41(44)48-39(34(7)47-28-35-22-18-17-19-23-35)25-24-31(4)26-33(6)40(49-50(12,13)42(8,9)10)36(16-3)27-32(5)38(43)21-15-2/h14-15,17-20,22-24,26-27,34,36,38-40,43H,1-2,16,21,25,28-30H2,3-13H3/b31-24+,32-27+,33-26+,37-20+/t34-,36?,38-,39-,40-/m0/s1. The zero-order chi connectivity index (χ0) is 37.9. The number of hydrogen-bond acceptors (Lipinski definition) is 7. The molecule has 1 rings (SSSR count). The normalized spacial score (nSPS) is 16.7. The first-order chi connectivity index (χ1) is 23.5. The van der Waals surface area contributed by atoms with E-state index in [4.69, 9.17) is 23.4 Å². The van der Waals surface area contributed by atoms with Crippen LogP contribution in [0.5, 0.6) is 0 Å². The van der Waals surface area contributed by atoms with Gasteiger partial charge in [0.05, 0.1) is 37.1 Å². The minimum atomic E-state index is -2.16. The van der Waals surface area contributed by atoms with E-state index in [0.717, 1.165) is 28.7 Å². The second kappa shape index (κ2) is 22.9. The molecule has 0 bridgehead atoms. The second-order valence-corrected chi connectivity index (χ2v) is 19.3. The lowest BCUT2D eigenvalue weighted by atomic mass is 9.90. The van der Waals surface area contributed by atoms with Gasteiger partial charge >= 0.3 is 5.97 Å². The molecular weight excluding hydrogens is 645 g/mol. The highest BCUT2D eigenvalue weighted by Crippen LogP contribution is 2.40.